The predicted molar refractivity (Wildman–Crippen MR) is 86.1 cm³/mol. The second-order valence-electron chi connectivity index (χ2n) is 6.39. The number of piperidine rings is 1. The molecule has 2 heterocycles. The zero-order valence-corrected chi connectivity index (χ0v) is 14.4. The van der Waals surface area contributed by atoms with Crippen LogP contribution < -0.4 is 5.32 Å². The summed E-state index contributed by atoms with van der Waals surface area (Å²) in [5.74, 6) is 1.12. The van der Waals surface area contributed by atoms with Gasteiger partial charge in [0.2, 0.25) is 5.91 Å². The van der Waals surface area contributed by atoms with Crippen molar-refractivity contribution in [3.8, 4) is 0 Å². The second kappa shape index (κ2) is 7.48. The number of likely N-dealkylation sites (tertiary alicyclic amines) is 1. The zero-order chi connectivity index (χ0) is 17.0. The summed E-state index contributed by atoms with van der Waals surface area (Å²) in [6.07, 6.45) is 2.15. The molecule has 0 atom stereocenters. The molecule has 3 amide bonds. The summed E-state index contributed by atoms with van der Waals surface area (Å²) in [4.78, 5) is 27.4. The van der Waals surface area contributed by atoms with E-state index in [1.54, 1.807) is 19.0 Å². The number of nitrogens with zero attached hydrogens (tertiary/aromatic N) is 3. The molecule has 0 spiro atoms. The van der Waals surface area contributed by atoms with E-state index in [4.69, 9.17) is 4.52 Å². The lowest BCUT2D eigenvalue weighted by atomic mass is 9.97. The van der Waals surface area contributed by atoms with E-state index in [9.17, 15) is 9.59 Å². The largest absolute Gasteiger partial charge is 0.361 e. The molecule has 7 nitrogen and oxygen atoms in total. The monoisotopic (exact) mass is 322 g/mol. The van der Waals surface area contributed by atoms with Crippen LogP contribution >= 0.6 is 0 Å². The Balaban J connectivity index is 1.73. The van der Waals surface area contributed by atoms with E-state index in [0.717, 1.165) is 37.2 Å². The van der Waals surface area contributed by atoms with Crippen LogP contribution in [0.1, 0.15) is 29.9 Å². The highest BCUT2D eigenvalue weighted by Crippen LogP contribution is 2.17. The van der Waals surface area contributed by atoms with Crippen LogP contribution in [0.3, 0.4) is 0 Å². The number of carbonyl (C=O) groups excluding carboxylic acids is 2. The highest BCUT2D eigenvalue weighted by molar-refractivity contribution is 5.79. The van der Waals surface area contributed by atoms with E-state index in [0.29, 0.717) is 24.6 Å². The lowest BCUT2D eigenvalue weighted by Crippen LogP contribution is -2.45. The molecule has 0 aliphatic carbocycles. The molecule has 1 aromatic heterocycles. The summed E-state index contributed by atoms with van der Waals surface area (Å²) >= 11 is 0. The van der Waals surface area contributed by atoms with Gasteiger partial charge in [-0.3, -0.25) is 4.79 Å². The molecule has 0 radical (unpaired) electrons. The smallest absolute Gasteiger partial charge is 0.319 e. The fourth-order valence-corrected chi connectivity index (χ4v) is 2.85. The minimum Gasteiger partial charge on any atom is -0.361 e. The van der Waals surface area contributed by atoms with Crippen LogP contribution in [0.2, 0.25) is 0 Å². The second-order valence-corrected chi connectivity index (χ2v) is 6.39. The van der Waals surface area contributed by atoms with Crippen molar-refractivity contribution in [2.45, 2.75) is 33.1 Å². The van der Waals surface area contributed by atoms with Crippen LogP contribution in [0, 0.1) is 19.8 Å². The van der Waals surface area contributed by atoms with Crippen LogP contribution in [-0.4, -0.2) is 60.6 Å². The third-order valence-corrected chi connectivity index (χ3v) is 4.37. The Morgan fingerprint density at radius 2 is 1.96 bits per heavy atom. The summed E-state index contributed by atoms with van der Waals surface area (Å²) < 4.78 is 5.07. The van der Waals surface area contributed by atoms with Gasteiger partial charge < -0.3 is 19.6 Å². The molecule has 1 aromatic rings. The number of hydrogen-bond acceptors (Lipinski definition) is 4. The SMILES string of the molecule is Cc1noc(C)c1CC(=O)NCC1CCN(C(=O)N(C)C)CC1. The van der Waals surface area contributed by atoms with Crippen molar-refractivity contribution in [2.24, 2.45) is 5.92 Å². The van der Waals surface area contributed by atoms with Crippen LogP contribution in [0.4, 0.5) is 4.79 Å². The highest BCUT2D eigenvalue weighted by atomic mass is 16.5. The van der Waals surface area contributed by atoms with Gasteiger partial charge in [-0.25, -0.2) is 4.79 Å². The van der Waals surface area contributed by atoms with Gasteiger partial charge in [0, 0.05) is 39.3 Å². The molecular weight excluding hydrogens is 296 g/mol. The van der Waals surface area contributed by atoms with Gasteiger partial charge in [-0.1, -0.05) is 5.16 Å². The molecule has 1 fully saturated rings. The normalized spacial score (nSPS) is 15.6. The third kappa shape index (κ3) is 4.46. The minimum atomic E-state index is -0.00815. The summed E-state index contributed by atoms with van der Waals surface area (Å²) in [5.41, 5.74) is 1.64. The number of aromatic nitrogens is 1. The van der Waals surface area contributed by atoms with E-state index in [2.05, 4.69) is 10.5 Å². The molecule has 1 N–H and O–H groups in total. The highest BCUT2D eigenvalue weighted by Gasteiger charge is 2.24. The maximum absolute atomic E-state index is 12.1. The van der Waals surface area contributed by atoms with Crippen molar-refractivity contribution < 1.29 is 14.1 Å². The number of nitrogens with one attached hydrogen (secondary N) is 1. The van der Waals surface area contributed by atoms with E-state index in [1.165, 1.54) is 0 Å². The van der Waals surface area contributed by atoms with E-state index in [1.807, 2.05) is 18.7 Å². The first-order valence-corrected chi connectivity index (χ1v) is 8.03. The number of hydrogen-bond donors (Lipinski definition) is 1. The van der Waals surface area contributed by atoms with Gasteiger partial charge in [0.25, 0.3) is 0 Å². The molecule has 1 aliphatic rings. The maximum Gasteiger partial charge on any atom is 0.319 e. The zero-order valence-electron chi connectivity index (χ0n) is 14.4. The summed E-state index contributed by atoms with van der Waals surface area (Å²) in [7, 11) is 3.53. The van der Waals surface area contributed by atoms with Crippen LogP contribution in [0.5, 0.6) is 0 Å². The topological polar surface area (TPSA) is 78.7 Å². The Labute approximate surface area is 137 Å². The Morgan fingerprint density at radius 1 is 1.30 bits per heavy atom. The van der Waals surface area contributed by atoms with E-state index < -0.39 is 0 Å². The van der Waals surface area contributed by atoms with Crippen LogP contribution in [0.25, 0.3) is 0 Å². The Kier molecular flexibility index (Phi) is 5.63. The standard InChI is InChI=1S/C16H26N4O3/c1-11-14(12(2)23-18-11)9-15(21)17-10-13-5-7-20(8-6-13)16(22)19(3)4/h13H,5-10H2,1-4H3,(H,17,21). The third-order valence-electron chi connectivity index (χ3n) is 4.37. The van der Waals surface area contributed by atoms with Crippen LogP contribution in [0.15, 0.2) is 4.52 Å². The Bertz CT molecular complexity index is 540. The Hall–Kier alpha value is -2.05. The first kappa shape index (κ1) is 17.3. The summed E-state index contributed by atoms with van der Waals surface area (Å²) in [6.45, 7) is 5.83. The van der Waals surface area contributed by atoms with Crippen molar-refractivity contribution in [1.29, 1.82) is 0 Å². The van der Waals surface area contributed by atoms with Gasteiger partial charge in [-0.05, 0) is 32.6 Å². The first-order chi connectivity index (χ1) is 10.9. The molecule has 0 aromatic carbocycles. The average molecular weight is 322 g/mol. The van der Waals surface area contributed by atoms with Crippen molar-refractivity contribution in [3.05, 3.63) is 17.0 Å². The van der Waals surface area contributed by atoms with Crippen molar-refractivity contribution in [1.82, 2.24) is 20.3 Å². The summed E-state index contributed by atoms with van der Waals surface area (Å²) in [5, 5.41) is 6.85. The quantitative estimate of drug-likeness (QED) is 0.907. The fraction of sp³-hybridized carbons (Fsp3) is 0.688. The molecule has 1 saturated heterocycles. The van der Waals surface area contributed by atoms with Gasteiger partial charge in [-0.15, -0.1) is 0 Å². The van der Waals surface area contributed by atoms with Crippen LogP contribution in [-0.2, 0) is 11.2 Å². The minimum absolute atomic E-state index is 0.00815. The van der Waals surface area contributed by atoms with Gasteiger partial charge >= 0.3 is 6.03 Å². The number of carbonyl (C=O) groups is 2. The van der Waals surface area contributed by atoms with E-state index >= 15 is 0 Å². The number of rotatable bonds is 4. The Morgan fingerprint density at radius 3 is 2.48 bits per heavy atom. The number of amides is 3. The van der Waals surface area contributed by atoms with Gasteiger partial charge in [0.1, 0.15) is 5.76 Å². The molecule has 2 rings (SSSR count). The number of aryl methyl sites for hydroxylation is 2. The van der Waals surface area contributed by atoms with Crippen molar-refractivity contribution in [3.63, 3.8) is 0 Å². The fourth-order valence-electron chi connectivity index (χ4n) is 2.85. The number of urea groups is 1. The average Bonchev–Trinajstić information content (AvgIpc) is 2.84. The molecule has 1 aliphatic heterocycles. The van der Waals surface area contributed by atoms with Crippen molar-refractivity contribution >= 4 is 11.9 Å². The molecule has 7 heteroatoms. The molecule has 0 saturated carbocycles. The first-order valence-electron chi connectivity index (χ1n) is 8.03. The van der Waals surface area contributed by atoms with Crippen molar-refractivity contribution in [2.75, 3.05) is 33.7 Å². The lowest BCUT2D eigenvalue weighted by molar-refractivity contribution is -0.120. The summed E-state index contributed by atoms with van der Waals surface area (Å²) in [6, 6.07) is 0.0610. The molecule has 23 heavy (non-hydrogen) atoms. The van der Waals surface area contributed by atoms with E-state index in [-0.39, 0.29) is 11.9 Å². The lowest BCUT2D eigenvalue weighted by Gasteiger charge is -2.33. The predicted octanol–water partition coefficient (Wildman–Crippen LogP) is 1.34. The molecular formula is C16H26N4O3. The van der Waals surface area contributed by atoms with Gasteiger partial charge in [0.05, 0.1) is 12.1 Å². The molecule has 128 valence electrons. The van der Waals surface area contributed by atoms with Gasteiger partial charge in [0.15, 0.2) is 0 Å². The maximum atomic E-state index is 12.1. The molecule has 0 unspecified atom stereocenters. The van der Waals surface area contributed by atoms with Gasteiger partial charge in [-0.2, -0.15) is 0 Å². The molecule has 0 bridgehead atoms.